The van der Waals surface area contributed by atoms with Gasteiger partial charge in [0.1, 0.15) is 24.1 Å². The molecule has 4 aromatic rings. The molecule has 0 radical (unpaired) electrons. The lowest BCUT2D eigenvalue weighted by molar-refractivity contribution is -0.140. The fourth-order valence-corrected chi connectivity index (χ4v) is 6.48. The van der Waals surface area contributed by atoms with Gasteiger partial charge in [-0.3, -0.25) is 13.9 Å². The van der Waals surface area contributed by atoms with E-state index in [0.717, 1.165) is 21.0 Å². The van der Waals surface area contributed by atoms with Gasteiger partial charge in [-0.05, 0) is 54.8 Å². The normalized spacial score (nSPS) is 11.7. The number of nitrogens with one attached hydrogen (secondary N) is 1. The molecule has 0 aliphatic rings. The van der Waals surface area contributed by atoms with Crippen molar-refractivity contribution in [3.05, 3.63) is 120 Å². The van der Waals surface area contributed by atoms with Crippen LogP contribution < -0.4 is 19.1 Å². The van der Waals surface area contributed by atoms with Gasteiger partial charge < -0.3 is 19.7 Å². The monoisotopic (exact) mass is 629 g/mol. The van der Waals surface area contributed by atoms with Crippen LogP contribution in [0.5, 0.6) is 11.5 Å². The molecule has 4 aromatic carbocycles. The molecule has 1 N–H and O–H groups in total. The summed E-state index contributed by atoms with van der Waals surface area (Å²) < 4.78 is 40.5. The van der Waals surface area contributed by atoms with Crippen molar-refractivity contribution < 1.29 is 27.5 Å². The predicted octanol–water partition coefficient (Wildman–Crippen LogP) is 4.98. The first-order chi connectivity index (χ1) is 21.7. The molecular formula is C35H39N3O6S. The van der Waals surface area contributed by atoms with E-state index in [1.807, 2.05) is 68.4 Å². The molecule has 0 aliphatic heterocycles. The van der Waals surface area contributed by atoms with E-state index in [2.05, 4.69) is 5.32 Å². The van der Waals surface area contributed by atoms with Crippen LogP contribution in [0.1, 0.15) is 23.6 Å². The number of nitrogens with zero attached hydrogens (tertiary/aromatic N) is 2. The highest BCUT2D eigenvalue weighted by Crippen LogP contribution is 2.36. The Kier molecular flexibility index (Phi) is 11.2. The number of carbonyl (C=O) groups is 2. The fourth-order valence-electron chi connectivity index (χ4n) is 5.04. The van der Waals surface area contributed by atoms with E-state index in [4.69, 9.17) is 9.47 Å². The Morgan fingerprint density at radius 3 is 2.11 bits per heavy atom. The molecule has 0 fully saturated rings. The van der Waals surface area contributed by atoms with Gasteiger partial charge in [0.05, 0.1) is 24.8 Å². The maximum Gasteiger partial charge on any atom is 0.264 e. The van der Waals surface area contributed by atoms with Crippen molar-refractivity contribution in [2.24, 2.45) is 0 Å². The maximum absolute atomic E-state index is 14.6. The van der Waals surface area contributed by atoms with Crippen LogP contribution in [0, 0.1) is 6.92 Å². The molecule has 0 heterocycles. The van der Waals surface area contributed by atoms with E-state index in [1.54, 1.807) is 30.3 Å². The minimum atomic E-state index is -4.29. The Morgan fingerprint density at radius 2 is 1.49 bits per heavy atom. The van der Waals surface area contributed by atoms with Crippen LogP contribution in [-0.4, -0.2) is 58.5 Å². The lowest BCUT2D eigenvalue weighted by Crippen LogP contribution is -2.53. The lowest BCUT2D eigenvalue weighted by atomic mass is 10.0. The molecule has 1 atom stereocenters. The zero-order valence-electron chi connectivity index (χ0n) is 26.0. The second-order valence-electron chi connectivity index (χ2n) is 10.4. The fraction of sp³-hybridized carbons (Fsp3) is 0.257. The molecule has 0 saturated carbocycles. The molecule has 4 rings (SSSR count). The van der Waals surface area contributed by atoms with E-state index in [1.165, 1.54) is 37.3 Å². The zero-order chi connectivity index (χ0) is 32.4. The number of amides is 2. The quantitative estimate of drug-likeness (QED) is 0.211. The summed E-state index contributed by atoms with van der Waals surface area (Å²) >= 11 is 0. The highest BCUT2D eigenvalue weighted by atomic mass is 32.2. The Bertz CT molecular complexity index is 1700. The number of methoxy groups -OCH3 is 2. The van der Waals surface area contributed by atoms with Crippen molar-refractivity contribution >= 4 is 27.5 Å². The van der Waals surface area contributed by atoms with Crippen LogP contribution in [-0.2, 0) is 32.6 Å². The number of aryl methyl sites for hydroxylation is 1. The molecule has 1 unspecified atom stereocenters. The zero-order valence-corrected chi connectivity index (χ0v) is 26.8. The third-order valence-electron chi connectivity index (χ3n) is 7.49. The largest absolute Gasteiger partial charge is 0.497 e. The number of hydrogen-bond acceptors (Lipinski definition) is 6. The minimum Gasteiger partial charge on any atom is -0.497 e. The standard InChI is InChI=1S/C35H39N3O6S/c1-5-36-35(40)32(22-27-15-8-6-9-16-27)37(24-28-17-13-12-14-26(28)2)34(39)25-38(45(41,42)30-18-10-7-11-19-30)31-23-29(43-3)20-21-33(31)44-4/h6-21,23,32H,5,22,24-25H2,1-4H3,(H,36,40). The number of sulfonamides is 1. The number of likely N-dealkylation sites (N-methyl/N-ethyl adjacent to an activating group) is 1. The van der Waals surface area contributed by atoms with Crippen LogP contribution >= 0.6 is 0 Å². The molecule has 45 heavy (non-hydrogen) atoms. The van der Waals surface area contributed by atoms with Crippen molar-refractivity contribution in [2.75, 3.05) is 31.6 Å². The van der Waals surface area contributed by atoms with Gasteiger partial charge in [-0.15, -0.1) is 0 Å². The summed E-state index contributed by atoms with van der Waals surface area (Å²) in [6.07, 6.45) is 0.234. The molecular weight excluding hydrogens is 590 g/mol. The van der Waals surface area contributed by atoms with E-state index in [9.17, 15) is 18.0 Å². The van der Waals surface area contributed by atoms with Crippen LogP contribution in [0.3, 0.4) is 0 Å². The van der Waals surface area contributed by atoms with Crippen molar-refractivity contribution in [3.63, 3.8) is 0 Å². The highest BCUT2D eigenvalue weighted by Gasteiger charge is 2.35. The Labute approximate surface area is 265 Å². The smallest absolute Gasteiger partial charge is 0.264 e. The van der Waals surface area contributed by atoms with Crippen LogP contribution in [0.4, 0.5) is 5.69 Å². The molecule has 0 aromatic heterocycles. The summed E-state index contributed by atoms with van der Waals surface area (Å²) in [6, 6.07) is 28.8. The second-order valence-corrected chi connectivity index (χ2v) is 12.3. The molecule has 0 aliphatic carbocycles. The summed E-state index contributed by atoms with van der Waals surface area (Å²) in [5, 5.41) is 2.87. The third kappa shape index (κ3) is 8.02. The topological polar surface area (TPSA) is 105 Å². The van der Waals surface area contributed by atoms with Gasteiger partial charge in [0.15, 0.2) is 0 Å². The summed E-state index contributed by atoms with van der Waals surface area (Å²) in [6.45, 7) is 3.61. The maximum atomic E-state index is 14.6. The number of hydrogen-bond donors (Lipinski definition) is 1. The summed E-state index contributed by atoms with van der Waals surface area (Å²) in [5.74, 6) is -0.278. The van der Waals surface area contributed by atoms with Gasteiger partial charge in [-0.1, -0.05) is 72.8 Å². The summed E-state index contributed by atoms with van der Waals surface area (Å²) in [5.41, 5.74) is 2.76. The van der Waals surface area contributed by atoms with E-state index < -0.39 is 28.5 Å². The molecule has 2 amide bonds. The van der Waals surface area contributed by atoms with Crippen molar-refractivity contribution in [1.82, 2.24) is 10.2 Å². The van der Waals surface area contributed by atoms with Gasteiger partial charge in [-0.2, -0.15) is 0 Å². The van der Waals surface area contributed by atoms with E-state index in [0.29, 0.717) is 12.3 Å². The Balaban J connectivity index is 1.86. The second kappa shape index (κ2) is 15.3. The number of anilines is 1. The Hall–Kier alpha value is -4.83. The average Bonchev–Trinajstić information content (AvgIpc) is 3.06. The first kappa shape index (κ1) is 33.1. The van der Waals surface area contributed by atoms with Crippen molar-refractivity contribution in [1.29, 1.82) is 0 Å². The molecule has 10 heteroatoms. The van der Waals surface area contributed by atoms with Crippen molar-refractivity contribution in [2.45, 2.75) is 37.8 Å². The summed E-state index contributed by atoms with van der Waals surface area (Å²) in [4.78, 5) is 29.7. The Morgan fingerprint density at radius 1 is 0.844 bits per heavy atom. The SMILES string of the molecule is CCNC(=O)C(Cc1ccccc1)N(Cc1ccccc1C)C(=O)CN(c1cc(OC)ccc1OC)S(=O)(=O)c1ccccc1. The van der Waals surface area contributed by atoms with Gasteiger partial charge in [0, 0.05) is 25.6 Å². The number of benzene rings is 4. The molecule has 0 saturated heterocycles. The first-order valence-electron chi connectivity index (χ1n) is 14.6. The average molecular weight is 630 g/mol. The number of ether oxygens (including phenoxy) is 2. The van der Waals surface area contributed by atoms with Gasteiger partial charge in [-0.25, -0.2) is 8.42 Å². The van der Waals surface area contributed by atoms with E-state index >= 15 is 0 Å². The molecule has 0 bridgehead atoms. The lowest BCUT2D eigenvalue weighted by Gasteiger charge is -2.34. The predicted molar refractivity (Wildman–Crippen MR) is 175 cm³/mol. The number of rotatable bonds is 14. The van der Waals surface area contributed by atoms with Gasteiger partial charge in [0.25, 0.3) is 10.0 Å². The van der Waals surface area contributed by atoms with E-state index in [-0.39, 0.29) is 35.2 Å². The van der Waals surface area contributed by atoms with Crippen molar-refractivity contribution in [3.8, 4) is 11.5 Å². The van der Waals surface area contributed by atoms with Crippen LogP contribution in [0.2, 0.25) is 0 Å². The molecule has 236 valence electrons. The van der Waals surface area contributed by atoms with Gasteiger partial charge in [0.2, 0.25) is 11.8 Å². The highest BCUT2D eigenvalue weighted by molar-refractivity contribution is 7.92. The molecule has 9 nitrogen and oxygen atoms in total. The van der Waals surface area contributed by atoms with Crippen LogP contribution in [0.15, 0.2) is 108 Å². The minimum absolute atomic E-state index is 0.00214. The first-order valence-corrected chi connectivity index (χ1v) is 16.1. The van der Waals surface area contributed by atoms with Crippen LogP contribution in [0.25, 0.3) is 0 Å². The number of carbonyl (C=O) groups excluding carboxylic acids is 2. The van der Waals surface area contributed by atoms with Gasteiger partial charge >= 0.3 is 0 Å². The molecule has 0 spiro atoms. The summed E-state index contributed by atoms with van der Waals surface area (Å²) in [7, 11) is -1.39. The third-order valence-corrected chi connectivity index (χ3v) is 9.26.